The molecule has 136 valence electrons. The monoisotopic (exact) mass is 358 g/mol. The summed E-state index contributed by atoms with van der Waals surface area (Å²) in [6, 6.07) is 0.100. The second-order valence-electron chi connectivity index (χ2n) is 7.71. The van der Waals surface area contributed by atoms with E-state index in [-0.39, 0.29) is 18.1 Å². The van der Waals surface area contributed by atoms with Crippen molar-refractivity contribution in [3.63, 3.8) is 0 Å². The molecule has 10 heteroatoms. The second kappa shape index (κ2) is 4.81. The molecule has 3 atom stereocenters. The zero-order valence-electron chi connectivity index (χ0n) is 14.1. The summed E-state index contributed by atoms with van der Waals surface area (Å²) in [5.74, 6) is 1.46. The molecule has 6 rings (SSSR count). The van der Waals surface area contributed by atoms with E-state index in [1.165, 1.54) is 0 Å². The molecule has 0 aromatic carbocycles. The van der Waals surface area contributed by atoms with E-state index in [1.54, 1.807) is 21.6 Å². The minimum Gasteiger partial charge on any atom is -0.383 e. The van der Waals surface area contributed by atoms with Crippen LogP contribution in [0.2, 0.25) is 0 Å². The highest BCUT2D eigenvalue weighted by atomic mass is 19.1. The third kappa shape index (κ3) is 1.82. The Hall–Kier alpha value is -2.49. The number of aromatic nitrogens is 5. The number of rotatable bonds is 1. The molecule has 26 heavy (non-hydrogen) atoms. The van der Waals surface area contributed by atoms with Gasteiger partial charge in [0.25, 0.3) is 12.0 Å². The van der Waals surface area contributed by atoms with E-state index in [4.69, 9.17) is 0 Å². The molecule has 4 heterocycles. The van der Waals surface area contributed by atoms with Crippen molar-refractivity contribution in [1.29, 1.82) is 0 Å². The third-order valence-corrected chi connectivity index (χ3v) is 6.19. The number of hydrazone groups is 1. The highest BCUT2D eigenvalue weighted by molar-refractivity contribution is 5.98. The van der Waals surface area contributed by atoms with Gasteiger partial charge in [-0.3, -0.25) is 14.9 Å². The Morgan fingerprint density at radius 2 is 2.12 bits per heavy atom. The first kappa shape index (κ1) is 14.7. The van der Waals surface area contributed by atoms with E-state index < -0.39 is 11.7 Å². The van der Waals surface area contributed by atoms with Crippen molar-refractivity contribution in [2.75, 3.05) is 4.90 Å². The van der Waals surface area contributed by atoms with Crippen molar-refractivity contribution < 1.29 is 9.50 Å². The summed E-state index contributed by atoms with van der Waals surface area (Å²) in [5, 5.41) is 23.0. The Kier molecular flexibility index (Phi) is 2.71. The minimum absolute atomic E-state index is 0.0458. The van der Waals surface area contributed by atoms with Crippen LogP contribution in [-0.4, -0.2) is 41.8 Å². The van der Waals surface area contributed by atoms with Crippen molar-refractivity contribution in [2.45, 2.75) is 56.3 Å². The van der Waals surface area contributed by atoms with Crippen LogP contribution < -0.4 is 10.3 Å². The van der Waals surface area contributed by atoms with Gasteiger partial charge in [0.1, 0.15) is 23.3 Å². The first-order valence-corrected chi connectivity index (χ1v) is 9.16. The lowest BCUT2D eigenvalue weighted by molar-refractivity contribution is 0.146. The van der Waals surface area contributed by atoms with Gasteiger partial charge in [-0.05, 0) is 25.7 Å². The molecule has 2 aliphatic heterocycles. The second-order valence-corrected chi connectivity index (χ2v) is 7.71. The van der Waals surface area contributed by atoms with Gasteiger partial charge in [-0.1, -0.05) is 18.1 Å². The predicted molar refractivity (Wildman–Crippen MR) is 88.6 cm³/mol. The topological polar surface area (TPSA) is 96.4 Å². The molecule has 2 aliphatic carbocycles. The fourth-order valence-electron chi connectivity index (χ4n) is 4.65. The lowest BCUT2D eigenvalue weighted by Gasteiger charge is -2.45. The number of anilines is 1. The molecule has 3 unspecified atom stereocenters. The Morgan fingerprint density at radius 1 is 1.27 bits per heavy atom. The lowest BCUT2D eigenvalue weighted by atomic mass is 9.80. The number of fused-ring (bicyclic) bond motifs is 6. The molecule has 0 bridgehead atoms. The first-order valence-electron chi connectivity index (χ1n) is 9.16. The van der Waals surface area contributed by atoms with Gasteiger partial charge >= 0.3 is 0 Å². The average molecular weight is 358 g/mol. The van der Waals surface area contributed by atoms with E-state index >= 15 is 0 Å². The van der Waals surface area contributed by atoms with Gasteiger partial charge in [0, 0.05) is 12.0 Å². The van der Waals surface area contributed by atoms with Gasteiger partial charge in [-0.15, -0.1) is 10.2 Å². The molecule has 2 aromatic heterocycles. The van der Waals surface area contributed by atoms with E-state index in [2.05, 4.69) is 25.8 Å². The SMILES string of the molecule is OC1(c2cn(C3=NNC4C5CCCCC5n5c(cnc5F)N34)nn2)CC1. The van der Waals surface area contributed by atoms with Crippen LogP contribution in [0.25, 0.3) is 0 Å². The summed E-state index contributed by atoms with van der Waals surface area (Å²) in [6.07, 6.45) is 8.37. The maximum absolute atomic E-state index is 14.5. The van der Waals surface area contributed by atoms with Gasteiger partial charge in [-0.2, -0.15) is 9.07 Å². The summed E-state index contributed by atoms with van der Waals surface area (Å²) in [7, 11) is 0. The fourth-order valence-corrected chi connectivity index (χ4v) is 4.65. The van der Waals surface area contributed by atoms with Gasteiger partial charge in [0.15, 0.2) is 0 Å². The average Bonchev–Trinajstić information content (AvgIpc) is 3.06. The van der Waals surface area contributed by atoms with E-state index in [9.17, 15) is 9.50 Å². The standard InChI is InChI=1S/C16H19FN8O/c17-14-18-7-12-24(14)10-4-2-1-3-9(10)13-20-21-15(25(12)13)23-8-11(19-22-23)16(26)5-6-16/h7-10,13,20,26H,1-6H2. The molecule has 2 N–H and O–H groups in total. The largest absolute Gasteiger partial charge is 0.383 e. The van der Waals surface area contributed by atoms with Crippen LogP contribution in [0.4, 0.5) is 10.2 Å². The summed E-state index contributed by atoms with van der Waals surface area (Å²) in [6.45, 7) is 0. The van der Waals surface area contributed by atoms with Crippen LogP contribution in [0, 0.1) is 12.0 Å². The van der Waals surface area contributed by atoms with Crippen molar-refractivity contribution >= 4 is 11.8 Å². The Balaban J connectivity index is 1.43. The molecular weight excluding hydrogens is 339 g/mol. The van der Waals surface area contributed by atoms with Crippen LogP contribution >= 0.6 is 0 Å². The number of hydrogen-bond donors (Lipinski definition) is 2. The fraction of sp³-hybridized carbons (Fsp3) is 0.625. The lowest BCUT2D eigenvalue weighted by Crippen LogP contribution is -2.55. The Morgan fingerprint density at radius 3 is 2.96 bits per heavy atom. The van der Waals surface area contributed by atoms with Gasteiger partial charge in [0.2, 0.25) is 0 Å². The van der Waals surface area contributed by atoms with Crippen molar-refractivity contribution in [3.05, 3.63) is 24.2 Å². The number of halogens is 1. The number of aliphatic hydroxyl groups is 1. The molecule has 2 fully saturated rings. The predicted octanol–water partition coefficient (Wildman–Crippen LogP) is 0.895. The van der Waals surface area contributed by atoms with Crippen LogP contribution in [0.1, 0.15) is 50.3 Å². The van der Waals surface area contributed by atoms with Crippen LogP contribution in [-0.2, 0) is 5.60 Å². The quantitative estimate of drug-likeness (QED) is 0.786. The number of imidazole rings is 1. The summed E-state index contributed by atoms with van der Waals surface area (Å²) in [4.78, 5) is 5.88. The minimum atomic E-state index is -0.853. The van der Waals surface area contributed by atoms with E-state index in [1.807, 2.05) is 4.90 Å². The molecule has 0 spiro atoms. The van der Waals surface area contributed by atoms with Crippen molar-refractivity contribution in [3.8, 4) is 0 Å². The number of hydrogen-bond acceptors (Lipinski definition) is 7. The molecule has 4 aliphatic rings. The number of nitrogens with zero attached hydrogens (tertiary/aromatic N) is 7. The highest BCUT2D eigenvalue weighted by Crippen LogP contribution is 2.46. The maximum atomic E-state index is 14.5. The van der Waals surface area contributed by atoms with Crippen LogP contribution in [0.15, 0.2) is 17.5 Å². The molecule has 2 aromatic rings. The summed E-state index contributed by atoms with van der Waals surface area (Å²) < 4.78 is 17.7. The smallest absolute Gasteiger partial charge is 0.291 e. The van der Waals surface area contributed by atoms with Crippen LogP contribution in [0.3, 0.4) is 0 Å². The number of nitrogens with one attached hydrogen (secondary N) is 1. The Labute approximate surface area is 148 Å². The third-order valence-electron chi connectivity index (χ3n) is 6.19. The van der Waals surface area contributed by atoms with E-state index in [0.717, 1.165) is 25.7 Å². The first-order chi connectivity index (χ1) is 12.7. The summed E-state index contributed by atoms with van der Waals surface area (Å²) >= 11 is 0. The normalized spacial score (nSPS) is 30.9. The van der Waals surface area contributed by atoms with Crippen molar-refractivity contribution in [2.24, 2.45) is 11.0 Å². The van der Waals surface area contributed by atoms with Gasteiger partial charge in [0.05, 0.1) is 12.4 Å². The summed E-state index contributed by atoms with van der Waals surface area (Å²) in [5.41, 5.74) is 2.92. The zero-order chi connectivity index (χ0) is 17.5. The van der Waals surface area contributed by atoms with Crippen molar-refractivity contribution in [1.82, 2.24) is 30.0 Å². The highest BCUT2D eigenvalue weighted by Gasteiger charge is 2.49. The van der Waals surface area contributed by atoms with Gasteiger partial charge < -0.3 is 5.11 Å². The molecule has 9 nitrogen and oxygen atoms in total. The molecule has 0 radical (unpaired) electrons. The van der Waals surface area contributed by atoms with Gasteiger partial charge in [-0.25, -0.2) is 4.98 Å². The molecule has 0 saturated heterocycles. The zero-order valence-corrected chi connectivity index (χ0v) is 14.1. The molecule has 2 saturated carbocycles. The molecular formula is C16H19FN8O. The molecule has 0 amide bonds. The Bertz CT molecular complexity index is 915. The maximum Gasteiger partial charge on any atom is 0.291 e. The van der Waals surface area contributed by atoms with Crippen LogP contribution in [0.5, 0.6) is 0 Å². The van der Waals surface area contributed by atoms with E-state index in [0.29, 0.717) is 30.3 Å².